The molecule has 0 atom stereocenters. The highest BCUT2D eigenvalue weighted by molar-refractivity contribution is 5.94. The Morgan fingerprint density at radius 1 is 0.917 bits per heavy atom. The number of pyridine rings is 2. The molecule has 0 aliphatic rings. The fourth-order valence-electron chi connectivity index (χ4n) is 4.04. The third-order valence-corrected chi connectivity index (χ3v) is 5.90. The zero-order valence-electron chi connectivity index (χ0n) is 19.2. The van der Waals surface area contributed by atoms with Gasteiger partial charge in [-0.15, -0.1) is 9.73 Å². The van der Waals surface area contributed by atoms with Crippen molar-refractivity contribution in [2.45, 2.75) is 0 Å². The second-order valence-corrected chi connectivity index (χ2v) is 8.17. The van der Waals surface area contributed by atoms with Crippen LogP contribution in [0.3, 0.4) is 0 Å². The Morgan fingerprint density at radius 3 is 2.56 bits per heavy atom. The summed E-state index contributed by atoms with van der Waals surface area (Å²) in [5, 5.41) is 22.4. The SMILES string of the molecule is CN(c1ccc(-c2nc3cc(Nc4ccncc4)cnn3n2)cc1)c1ccnc2ccc(C#N)cc12. The largest absolute Gasteiger partial charge is 0.354 e. The first-order valence-electron chi connectivity index (χ1n) is 11.2. The molecule has 36 heavy (non-hydrogen) atoms. The average Bonchev–Trinajstić information content (AvgIpc) is 3.36. The van der Waals surface area contributed by atoms with Gasteiger partial charge in [0, 0.05) is 54.0 Å². The number of fused-ring (bicyclic) bond motifs is 2. The maximum atomic E-state index is 9.31. The molecule has 0 saturated heterocycles. The Kier molecular flexibility index (Phi) is 5.16. The molecule has 9 heteroatoms. The van der Waals surface area contributed by atoms with E-state index < -0.39 is 0 Å². The lowest BCUT2D eigenvalue weighted by molar-refractivity contribution is 0.804. The lowest BCUT2D eigenvalue weighted by Gasteiger charge is -2.21. The fourth-order valence-corrected chi connectivity index (χ4v) is 4.04. The highest BCUT2D eigenvalue weighted by Gasteiger charge is 2.12. The van der Waals surface area contributed by atoms with Gasteiger partial charge in [-0.1, -0.05) is 0 Å². The van der Waals surface area contributed by atoms with Crippen LogP contribution in [0, 0.1) is 11.3 Å². The van der Waals surface area contributed by atoms with Crippen LogP contribution in [0.4, 0.5) is 22.7 Å². The van der Waals surface area contributed by atoms with Crippen LogP contribution in [0.2, 0.25) is 0 Å². The minimum Gasteiger partial charge on any atom is -0.354 e. The Labute approximate surface area is 206 Å². The third-order valence-electron chi connectivity index (χ3n) is 5.90. The molecular formula is C27H19N9. The minimum atomic E-state index is 0.589. The summed E-state index contributed by atoms with van der Waals surface area (Å²) in [5.41, 5.74) is 6.65. The number of anilines is 4. The molecule has 0 unspecified atom stereocenters. The summed E-state index contributed by atoms with van der Waals surface area (Å²) in [7, 11) is 1.99. The Bertz CT molecular complexity index is 1740. The second-order valence-electron chi connectivity index (χ2n) is 8.17. The van der Waals surface area contributed by atoms with E-state index in [1.807, 2.05) is 67.7 Å². The Balaban J connectivity index is 1.28. The minimum absolute atomic E-state index is 0.589. The van der Waals surface area contributed by atoms with Crippen molar-refractivity contribution in [1.29, 1.82) is 5.26 Å². The summed E-state index contributed by atoms with van der Waals surface area (Å²) < 4.78 is 1.52. The number of nitrogens with zero attached hydrogens (tertiary/aromatic N) is 8. The van der Waals surface area contributed by atoms with E-state index in [4.69, 9.17) is 0 Å². The molecule has 0 radical (unpaired) electrons. The highest BCUT2D eigenvalue weighted by atomic mass is 15.4. The first-order chi connectivity index (χ1) is 17.7. The van der Waals surface area contributed by atoms with Gasteiger partial charge >= 0.3 is 0 Å². The molecule has 172 valence electrons. The van der Waals surface area contributed by atoms with Crippen molar-refractivity contribution in [3.63, 3.8) is 0 Å². The second kappa shape index (κ2) is 8.77. The molecule has 6 aromatic rings. The number of hydrogen-bond acceptors (Lipinski definition) is 8. The van der Waals surface area contributed by atoms with E-state index in [9.17, 15) is 5.26 Å². The fraction of sp³-hybridized carbons (Fsp3) is 0.0370. The molecule has 0 aliphatic carbocycles. The molecule has 0 aliphatic heterocycles. The Hall–Kier alpha value is -5.36. The van der Waals surface area contributed by atoms with Crippen LogP contribution in [0.5, 0.6) is 0 Å². The van der Waals surface area contributed by atoms with E-state index in [0.717, 1.165) is 39.2 Å². The van der Waals surface area contributed by atoms with Gasteiger partial charge in [-0.05, 0) is 60.7 Å². The number of rotatable bonds is 5. The van der Waals surface area contributed by atoms with Crippen molar-refractivity contribution in [2.24, 2.45) is 0 Å². The number of nitrogens with one attached hydrogen (secondary N) is 1. The van der Waals surface area contributed by atoms with Gasteiger partial charge in [-0.3, -0.25) is 9.97 Å². The molecule has 1 N–H and O–H groups in total. The maximum absolute atomic E-state index is 9.31. The summed E-state index contributed by atoms with van der Waals surface area (Å²) in [6.45, 7) is 0. The van der Waals surface area contributed by atoms with Crippen molar-refractivity contribution in [1.82, 2.24) is 29.8 Å². The maximum Gasteiger partial charge on any atom is 0.183 e. The van der Waals surface area contributed by atoms with Gasteiger partial charge in [-0.25, -0.2) is 4.98 Å². The molecule has 0 spiro atoms. The first kappa shape index (κ1) is 21.2. The van der Waals surface area contributed by atoms with Gasteiger partial charge in [-0.2, -0.15) is 10.4 Å². The number of hydrogen-bond donors (Lipinski definition) is 1. The third kappa shape index (κ3) is 3.93. The quantitative estimate of drug-likeness (QED) is 0.371. The summed E-state index contributed by atoms with van der Waals surface area (Å²) in [5.74, 6) is 0.589. The molecule has 0 fully saturated rings. The van der Waals surface area contributed by atoms with E-state index in [-0.39, 0.29) is 0 Å². The van der Waals surface area contributed by atoms with Gasteiger partial charge < -0.3 is 10.2 Å². The number of aromatic nitrogens is 6. The summed E-state index contributed by atoms with van der Waals surface area (Å²) in [6, 6.07) is 23.4. The van der Waals surface area contributed by atoms with Crippen molar-refractivity contribution >= 4 is 39.3 Å². The molecule has 4 aromatic heterocycles. The molecule has 4 heterocycles. The predicted molar refractivity (Wildman–Crippen MR) is 138 cm³/mol. The van der Waals surface area contributed by atoms with Gasteiger partial charge in [0.25, 0.3) is 0 Å². The zero-order valence-corrected chi connectivity index (χ0v) is 19.2. The van der Waals surface area contributed by atoms with Gasteiger partial charge in [0.05, 0.1) is 34.7 Å². The van der Waals surface area contributed by atoms with Crippen LogP contribution in [-0.2, 0) is 0 Å². The van der Waals surface area contributed by atoms with Crippen LogP contribution in [0.1, 0.15) is 5.56 Å². The summed E-state index contributed by atoms with van der Waals surface area (Å²) >= 11 is 0. The van der Waals surface area contributed by atoms with Crippen molar-refractivity contribution in [3.05, 3.63) is 97.1 Å². The summed E-state index contributed by atoms with van der Waals surface area (Å²) in [6.07, 6.45) is 6.94. The van der Waals surface area contributed by atoms with Crippen LogP contribution in [0.25, 0.3) is 27.9 Å². The normalized spacial score (nSPS) is 10.9. The molecule has 6 rings (SSSR count). The molecular weight excluding hydrogens is 450 g/mol. The van der Waals surface area contributed by atoms with Crippen LogP contribution < -0.4 is 10.2 Å². The monoisotopic (exact) mass is 469 g/mol. The van der Waals surface area contributed by atoms with E-state index in [1.54, 1.807) is 30.9 Å². The van der Waals surface area contributed by atoms with E-state index >= 15 is 0 Å². The van der Waals surface area contributed by atoms with E-state index in [0.29, 0.717) is 17.0 Å². The van der Waals surface area contributed by atoms with Gasteiger partial charge in [0.15, 0.2) is 11.5 Å². The molecule has 0 saturated carbocycles. The van der Waals surface area contributed by atoms with Crippen LogP contribution in [-0.4, -0.2) is 36.8 Å². The lowest BCUT2D eigenvalue weighted by Crippen LogP contribution is -2.10. The molecule has 2 aromatic carbocycles. The van der Waals surface area contributed by atoms with Crippen LogP contribution in [0.15, 0.2) is 91.5 Å². The summed E-state index contributed by atoms with van der Waals surface area (Å²) in [4.78, 5) is 15.2. The topological polar surface area (TPSA) is 108 Å². The van der Waals surface area contributed by atoms with Crippen molar-refractivity contribution in [3.8, 4) is 17.5 Å². The molecule has 0 bridgehead atoms. The van der Waals surface area contributed by atoms with Crippen LogP contribution >= 0.6 is 0 Å². The number of benzene rings is 2. The smallest absolute Gasteiger partial charge is 0.183 e. The molecule has 9 nitrogen and oxygen atoms in total. The number of nitriles is 1. The Morgan fingerprint density at radius 2 is 1.75 bits per heavy atom. The van der Waals surface area contributed by atoms with Gasteiger partial charge in [0.1, 0.15) is 0 Å². The zero-order chi connectivity index (χ0) is 24.5. The lowest BCUT2D eigenvalue weighted by atomic mass is 10.1. The van der Waals surface area contributed by atoms with E-state index in [1.165, 1.54) is 4.63 Å². The van der Waals surface area contributed by atoms with Crippen molar-refractivity contribution in [2.75, 3.05) is 17.3 Å². The van der Waals surface area contributed by atoms with Gasteiger partial charge in [0.2, 0.25) is 0 Å². The first-order valence-corrected chi connectivity index (χ1v) is 11.2. The standard InChI is InChI=1S/C27H19N9/c1-35(25-10-13-30-24-7-2-18(16-28)14-23(24)25)22-5-3-19(4-6-22)27-33-26-15-21(17-31-36(26)34-27)32-20-8-11-29-12-9-20/h2-15,17H,1H3,(H,29,32). The predicted octanol–water partition coefficient (Wildman–Crippen LogP) is 5.12. The van der Waals surface area contributed by atoms with Crippen molar-refractivity contribution < 1.29 is 0 Å². The molecule has 0 amide bonds. The average molecular weight is 470 g/mol. The van der Waals surface area contributed by atoms with E-state index in [2.05, 4.69) is 41.4 Å². The highest BCUT2D eigenvalue weighted by Crippen LogP contribution is 2.31.